The zero-order chi connectivity index (χ0) is 16.3. The standard InChI is InChI=1S/C15H15NO6/c1-2-22-15(19)14-12(7-11(17)8-13(14)18)9-3-5-10(6-4-9)16(20)21/h3-6,8,12,14,18H,2,7H2,1H3. The first kappa shape index (κ1) is 15.7. The second-order valence-corrected chi connectivity index (χ2v) is 4.92. The number of carbonyl (C=O) groups is 2. The van der Waals surface area contributed by atoms with Crippen molar-refractivity contribution in [1.82, 2.24) is 0 Å². The summed E-state index contributed by atoms with van der Waals surface area (Å²) in [6, 6.07) is 5.58. The highest BCUT2D eigenvalue weighted by molar-refractivity contribution is 5.94. The molecule has 0 bridgehead atoms. The molecule has 0 spiro atoms. The van der Waals surface area contributed by atoms with Crippen LogP contribution in [0.5, 0.6) is 0 Å². The fourth-order valence-electron chi connectivity index (χ4n) is 2.52. The van der Waals surface area contributed by atoms with Gasteiger partial charge in [-0.15, -0.1) is 0 Å². The summed E-state index contributed by atoms with van der Waals surface area (Å²) < 4.78 is 4.94. The van der Waals surface area contributed by atoms with E-state index >= 15 is 0 Å². The Morgan fingerprint density at radius 3 is 2.59 bits per heavy atom. The lowest BCUT2D eigenvalue weighted by Gasteiger charge is -2.27. The van der Waals surface area contributed by atoms with Crippen molar-refractivity contribution in [2.45, 2.75) is 19.3 Å². The van der Waals surface area contributed by atoms with E-state index in [9.17, 15) is 24.8 Å². The number of nitro benzene ring substituents is 1. The van der Waals surface area contributed by atoms with Crippen LogP contribution in [-0.2, 0) is 14.3 Å². The number of nitro groups is 1. The molecule has 1 aliphatic carbocycles. The van der Waals surface area contributed by atoms with Crippen molar-refractivity contribution in [2.24, 2.45) is 5.92 Å². The molecule has 7 nitrogen and oxygen atoms in total. The summed E-state index contributed by atoms with van der Waals surface area (Å²) in [5, 5.41) is 20.6. The maximum atomic E-state index is 12.0. The minimum Gasteiger partial charge on any atom is -0.511 e. The van der Waals surface area contributed by atoms with E-state index in [2.05, 4.69) is 0 Å². The molecule has 0 aromatic heterocycles. The molecular weight excluding hydrogens is 290 g/mol. The number of aliphatic hydroxyl groups is 1. The van der Waals surface area contributed by atoms with Crippen LogP contribution in [0.2, 0.25) is 0 Å². The van der Waals surface area contributed by atoms with Gasteiger partial charge in [-0.25, -0.2) is 0 Å². The maximum absolute atomic E-state index is 12.0. The topological polar surface area (TPSA) is 107 Å². The van der Waals surface area contributed by atoms with Crippen LogP contribution in [-0.4, -0.2) is 28.4 Å². The zero-order valence-electron chi connectivity index (χ0n) is 11.9. The fraction of sp³-hybridized carbons (Fsp3) is 0.333. The molecule has 1 aliphatic rings. The van der Waals surface area contributed by atoms with E-state index in [4.69, 9.17) is 4.74 Å². The van der Waals surface area contributed by atoms with E-state index in [-0.39, 0.29) is 30.3 Å². The van der Waals surface area contributed by atoms with Gasteiger partial charge in [0.15, 0.2) is 5.78 Å². The lowest BCUT2D eigenvalue weighted by atomic mass is 9.77. The quantitative estimate of drug-likeness (QED) is 0.519. The largest absolute Gasteiger partial charge is 0.511 e. The lowest BCUT2D eigenvalue weighted by Crippen LogP contribution is -2.31. The molecule has 1 aromatic carbocycles. The van der Waals surface area contributed by atoms with Crippen LogP contribution in [0, 0.1) is 16.0 Å². The number of non-ortho nitro benzene ring substituents is 1. The van der Waals surface area contributed by atoms with Gasteiger partial charge in [0.1, 0.15) is 11.7 Å². The zero-order valence-corrected chi connectivity index (χ0v) is 11.9. The molecule has 1 aromatic rings. The van der Waals surface area contributed by atoms with Crippen molar-refractivity contribution >= 4 is 17.4 Å². The molecule has 22 heavy (non-hydrogen) atoms. The first-order chi connectivity index (χ1) is 10.4. The van der Waals surface area contributed by atoms with Gasteiger partial charge in [0.25, 0.3) is 5.69 Å². The first-order valence-corrected chi connectivity index (χ1v) is 6.78. The summed E-state index contributed by atoms with van der Waals surface area (Å²) in [6.45, 7) is 1.80. The average molecular weight is 305 g/mol. The SMILES string of the molecule is CCOC(=O)C1C(O)=CC(=O)CC1c1ccc([N+](=O)[O-])cc1. The summed E-state index contributed by atoms with van der Waals surface area (Å²) in [4.78, 5) is 33.8. The summed E-state index contributed by atoms with van der Waals surface area (Å²) in [5.41, 5.74) is 0.481. The van der Waals surface area contributed by atoms with E-state index in [1.54, 1.807) is 6.92 Å². The number of aliphatic hydroxyl groups excluding tert-OH is 1. The van der Waals surface area contributed by atoms with E-state index in [0.717, 1.165) is 6.08 Å². The van der Waals surface area contributed by atoms with Gasteiger partial charge in [-0.2, -0.15) is 0 Å². The van der Waals surface area contributed by atoms with E-state index < -0.39 is 22.7 Å². The fourth-order valence-corrected chi connectivity index (χ4v) is 2.52. The molecule has 1 N–H and O–H groups in total. The summed E-state index contributed by atoms with van der Waals surface area (Å²) in [7, 11) is 0. The molecular formula is C15H15NO6. The van der Waals surface area contributed by atoms with Crippen LogP contribution in [0.3, 0.4) is 0 Å². The number of carbonyl (C=O) groups excluding carboxylic acids is 2. The molecule has 0 heterocycles. The van der Waals surface area contributed by atoms with Crippen molar-refractivity contribution in [3.63, 3.8) is 0 Å². The Labute approximate surface area is 126 Å². The normalized spacial score (nSPS) is 21.1. The molecule has 2 unspecified atom stereocenters. The Morgan fingerprint density at radius 1 is 1.41 bits per heavy atom. The van der Waals surface area contributed by atoms with Gasteiger partial charge in [-0.05, 0) is 12.5 Å². The number of esters is 1. The Morgan fingerprint density at radius 2 is 2.05 bits per heavy atom. The number of allylic oxidation sites excluding steroid dienone is 1. The van der Waals surface area contributed by atoms with Gasteiger partial charge >= 0.3 is 5.97 Å². The molecule has 2 rings (SSSR count). The minimum absolute atomic E-state index is 0.0331. The minimum atomic E-state index is -0.973. The van der Waals surface area contributed by atoms with E-state index in [1.165, 1.54) is 24.3 Å². The highest BCUT2D eigenvalue weighted by atomic mass is 16.6. The van der Waals surface area contributed by atoms with Gasteiger partial charge in [0, 0.05) is 30.5 Å². The number of nitrogens with zero attached hydrogens (tertiary/aromatic N) is 1. The van der Waals surface area contributed by atoms with Gasteiger partial charge in [0.2, 0.25) is 0 Å². The molecule has 0 saturated carbocycles. The second-order valence-electron chi connectivity index (χ2n) is 4.92. The number of hydrogen-bond donors (Lipinski definition) is 1. The Hall–Kier alpha value is -2.70. The molecule has 7 heteroatoms. The third-order valence-electron chi connectivity index (χ3n) is 3.52. The van der Waals surface area contributed by atoms with Crippen molar-refractivity contribution in [3.8, 4) is 0 Å². The summed E-state index contributed by atoms with van der Waals surface area (Å²) in [5.74, 6) is -2.83. The Kier molecular flexibility index (Phi) is 4.55. The molecule has 0 saturated heterocycles. The predicted molar refractivity (Wildman–Crippen MR) is 76.3 cm³/mol. The van der Waals surface area contributed by atoms with Crippen LogP contribution in [0.15, 0.2) is 36.1 Å². The summed E-state index contributed by atoms with van der Waals surface area (Å²) in [6.07, 6.45) is 1.06. The Bertz CT molecular complexity index is 634. The molecule has 0 fully saturated rings. The number of ketones is 1. The Balaban J connectivity index is 2.36. The monoisotopic (exact) mass is 305 g/mol. The van der Waals surface area contributed by atoms with E-state index in [0.29, 0.717) is 5.56 Å². The molecule has 0 amide bonds. The van der Waals surface area contributed by atoms with Crippen molar-refractivity contribution in [1.29, 1.82) is 0 Å². The number of rotatable bonds is 4. The predicted octanol–water partition coefficient (Wildman–Crippen LogP) is 2.27. The third kappa shape index (κ3) is 3.13. The second kappa shape index (κ2) is 6.38. The highest BCUT2D eigenvalue weighted by Gasteiger charge is 2.38. The van der Waals surface area contributed by atoms with E-state index in [1.807, 2.05) is 0 Å². The number of ether oxygens (including phenoxy) is 1. The maximum Gasteiger partial charge on any atom is 0.317 e. The lowest BCUT2D eigenvalue weighted by molar-refractivity contribution is -0.384. The van der Waals surface area contributed by atoms with Gasteiger partial charge in [-0.3, -0.25) is 19.7 Å². The highest BCUT2D eigenvalue weighted by Crippen LogP contribution is 2.37. The van der Waals surface area contributed by atoms with Crippen molar-refractivity contribution in [3.05, 3.63) is 51.8 Å². The smallest absolute Gasteiger partial charge is 0.317 e. The van der Waals surface area contributed by atoms with Crippen LogP contribution >= 0.6 is 0 Å². The first-order valence-electron chi connectivity index (χ1n) is 6.78. The van der Waals surface area contributed by atoms with Crippen LogP contribution < -0.4 is 0 Å². The third-order valence-corrected chi connectivity index (χ3v) is 3.52. The molecule has 0 radical (unpaired) electrons. The number of hydrogen-bond acceptors (Lipinski definition) is 6. The van der Waals surface area contributed by atoms with Crippen LogP contribution in [0.25, 0.3) is 0 Å². The van der Waals surface area contributed by atoms with Gasteiger partial charge in [-0.1, -0.05) is 12.1 Å². The van der Waals surface area contributed by atoms with Gasteiger partial charge in [0.05, 0.1) is 11.5 Å². The van der Waals surface area contributed by atoms with Gasteiger partial charge < -0.3 is 9.84 Å². The number of benzene rings is 1. The van der Waals surface area contributed by atoms with Crippen LogP contribution in [0.4, 0.5) is 5.69 Å². The molecule has 2 atom stereocenters. The average Bonchev–Trinajstić information content (AvgIpc) is 2.46. The summed E-state index contributed by atoms with van der Waals surface area (Å²) >= 11 is 0. The van der Waals surface area contributed by atoms with Crippen molar-refractivity contribution < 1.29 is 24.4 Å². The van der Waals surface area contributed by atoms with Crippen LogP contribution in [0.1, 0.15) is 24.8 Å². The van der Waals surface area contributed by atoms with Crippen molar-refractivity contribution in [2.75, 3.05) is 6.61 Å². The molecule has 116 valence electrons. The molecule has 0 aliphatic heterocycles.